The first-order chi connectivity index (χ1) is 6.74. The average molecular weight is 212 g/mol. The van der Waals surface area contributed by atoms with E-state index >= 15 is 0 Å². The van der Waals surface area contributed by atoms with Crippen LogP contribution in [0.1, 0.15) is 6.42 Å². The quantitative estimate of drug-likeness (QED) is 0.299. The number of para-hydroxylation sites is 1. The Balaban J connectivity index is 2.39. The van der Waals surface area contributed by atoms with E-state index in [1.807, 2.05) is 6.07 Å². The molecule has 0 atom stereocenters. The number of aromatic hydroxyl groups is 1. The second-order valence-corrected chi connectivity index (χ2v) is 3.77. The smallest absolute Gasteiger partial charge is 0.234 e. The Morgan fingerprint density at radius 1 is 1.50 bits per heavy atom. The van der Waals surface area contributed by atoms with Gasteiger partial charge in [-0.05, 0) is 12.1 Å². The van der Waals surface area contributed by atoms with E-state index in [0.717, 1.165) is 4.90 Å². The first-order valence-corrected chi connectivity index (χ1v) is 5.13. The van der Waals surface area contributed by atoms with Crippen molar-refractivity contribution < 1.29 is 9.90 Å². The van der Waals surface area contributed by atoms with Crippen LogP contribution >= 0.6 is 11.8 Å². The van der Waals surface area contributed by atoms with Crippen molar-refractivity contribution >= 4 is 17.7 Å². The van der Waals surface area contributed by atoms with Gasteiger partial charge in [-0.15, -0.1) is 11.8 Å². The molecule has 0 saturated heterocycles. The summed E-state index contributed by atoms with van der Waals surface area (Å²) < 4.78 is 0. The summed E-state index contributed by atoms with van der Waals surface area (Å²) in [6.45, 7) is 0. The van der Waals surface area contributed by atoms with Crippen LogP contribution in [-0.4, -0.2) is 16.8 Å². The molecule has 76 valence electrons. The van der Waals surface area contributed by atoms with E-state index in [1.165, 1.54) is 11.8 Å². The highest BCUT2D eigenvalue weighted by atomic mass is 32.2. The predicted octanol–water partition coefficient (Wildman–Crippen LogP) is 0.864. The van der Waals surface area contributed by atoms with Crippen LogP contribution in [0.3, 0.4) is 0 Å². The van der Waals surface area contributed by atoms with Crippen molar-refractivity contribution in [3.8, 4) is 5.75 Å². The summed E-state index contributed by atoms with van der Waals surface area (Å²) in [4.78, 5) is 11.6. The van der Waals surface area contributed by atoms with E-state index in [1.54, 1.807) is 18.2 Å². The monoisotopic (exact) mass is 212 g/mol. The van der Waals surface area contributed by atoms with Gasteiger partial charge in [0.15, 0.2) is 0 Å². The number of hydrogen-bond donors (Lipinski definition) is 3. The molecule has 0 unspecified atom stereocenters. The SMILES string of the molecule is NNC(=O)CCSc1ccccc1O. The molecule has 4 nitrogen and oxygen atoms in total. The maximum absolute atomic E-state index is 10.8. The molecule has 0 heterocycles. The van der Waals surface area contributed by atoms with Crippen LogP contribution in [0.4, 0.5) is 0 Å². The van der Waals surface area contributed by atoms with Gasteiger partial charge in [-0.2, -0.15) is 0 Å². The van der Waals surface area contributed by atoms with Gasteiger partial charge >= 0.3 is 0 Å². The third kappa shape index (κ3) is 3.27. The van der Waals surface area contributed by atoms with Crippen LogP contribution in [0.5, 0.6) is 5.75 Å². The number of hydrazine groups is 1. The molecule has 0 spiro atoms. The zero-order chi connectivity index (χ0) is 10.4. The number of nitrogens with one attached hydrogen (secondary N) is 1. The lowest BCUT2D eigenvalue weighted by Gasteiger charge is -2.02. The Bertz CT molecular complexity index is 317. The average Bonchev–Trinajstić information content (AvgIpc) is 2.20. The van der Waals surface area contributed by atoms with Crippen molar-refractivity contribution in [2.45, 2.75) is 11.3 Å². The standard InChI is InChI=1S/C9H12N2O2S/c10-11-9(13)5-6-14-8-4-2-1-3-7(8)12/h1-4,12H,5-6,10H2,(H,11,13). The lowest BCUT2D eigenvalue weighted by Crippen LogP contribution is -2.30. The number of phenolic OH excluding ortho intramolecular Hbond substituents is 1. The third-order valence-electron chi connectivity index (χ3n) is 1.61. The van der Waals surface area contributed by atoms with Crippen molar-refractivity contribution in [2.75, 3.05) is 5.75 Å². The van der Waals surface area contributed by atoms with Crippen molar-refractivity contribution in [1.29, 1.82) is 0 Å². The van der Waals surface area contributed by atoms with Crippen LogP contribution in [-0.2, 0) is 4.79 Å². The maximum Gasteiger partial charge on any atom is 0.234 e. The van der Waals surface area contributed by atoms with E-state index < -0.39 is 0 Å². The number of benzene rings is 1. The molecule has 14 heavy (non-hydrogen) atoms. The molecule has 0 radical (unpaired) electrons. The zero-order valence-corrected chi connectivity index (χ0v) is 8.38. The second-order valence-electron chi connectivity index (χ2n) is 2.63. The number of carbonyl (C=O) groups excluding carboxylic acids is 1. The minimum absolute atomic E-state index is 0.201. The summed E-state index contributed by atoms with van der Waals surface area (Å²) in [5.41, 5.74) is 2.05. The van der Waals surface area contributed by atoms with Crippen LogP contribution in [0.25, 0.3) is 0 Å². The topological polar surface area (TPSA) is 75.3 Å². The van der Waals surface area contributed by atoms with E-state index in [9.17, 15) is 9.90 Å². The predicted molar refractivity (Wildman–Crippen MR) is 55.8 cm³/mol. The third-order valence-corrected chi connectivity index (χ3v) is 2.68. The van der Waals surface area contributed by atoms with Gasteiger partial charge in [0, 0.05) is 17.1 Å². The van der Waals surface area contributed by atoms with Gasteiger partial charge in [-0.25, -0.2) is 5.84 Å². The van der Waals surface area contributed by atoms with E-state index in [2.05, 4.69) is 5.43 Å². The fourth-order valence-corrected chi connectivity index (χ4v) is 1.80. The number of rotatable bonds is 4. The van der Waals surface area contributed by atoms with Gasteiger partial charge in [0.1, 0.15) is 5.75 Å². The minimum Gasteiger partial charge on any atom is -0.507 e. The van der Waals surface area contributed by atoms with E-state index in [0.29, 0.717) is 12.2 Å². The molecule has 4 N–H and O–H groups in total. The summed E-state index contributed by atoms with van der Waals surface area (Å²) in [6.07, 6.45) is 0.343. The Labute approximate surface area is 86.5 Å². The molecule has 1 rings (SSSR count). The first kappa shape index (κ1) is 10.9. The normalized spacial score (nSPS) is 9.79. The minimum atomic E-state index is -0.201. The molecule has 0 aliphatic carbocycles. The van der Waals surface area contributed by atoms with Crippen LogP contribution in [0.15, 0.2) is 29.2 Å². The second kappa shape index (κ2) is 5.51. The summed E-state index contributed by atoms with van der Waals surface area (Å²) >= 11 is 1.42. The molecular weight excluding hydrogens is 200 g/mol. The summed E-state index contributed by atoms with van der Waals surface area (Å²) in [5, 5.41) is 9.39. The van der Waals surface area contributed by atoms with Crippen molar-refractivity contribution in [2.24, 2.45) is 5.84 Å². The fourth-order valence-electron chi connectivity index (χ4n) is 0.905. The molecule has 0 aliphatic heterocycles. The molecule has 0 bridgehead atoms. The highest BCUT2D eigenvalue weighted by Gasteiger charge is 2.02. The first-order valence-electron chi connectivity index (χ1n) is 4.14. The van der Waals surface area contributed by atoms with Gasteiger partial charge in [0.2, 0.25) is 5.91 Å². The van der Waals surface area contributed by atoms with Crippen molar-refractivity contribution in [3.63, 3.8) is 0 Å². The Kier molecular flexibility index (Phi) is 4.28. The molecule has 0 aliphatic rings. The Hall–Kier alpha value is -1.20. The van der Waals surface area contributed by atoms with Gasteiger partial charge in [0.05, 0.1) is 0 Å². The number of nitrogens with two attached hydrogens (primary N) is 1. The number of carbonyl (C=O) groups is 1. The van der Waals surface area contributed by atoms with Gasteiger partial charge in [0.25, 0.3) is 0 Å². The molecule has 0 fully saturated rings. The molecule has 1 aromatic rings. The maximum atomic E-state index is 10.8. The van der Waals surface area contributed by atoms with Crippen molar-refractivity contribution in [1.82, 2.24) is 5.43 Å². The highest BCUT2D eigenvalue weighted by Crippen LogP contribution is 2.27. The van der Waals surface area contributed by atoms with E-state index in [4.69, 9.17) is 5.84 Å². The zero-order valence-electron chi connectivity index (χ0n) is 7.56. The van der Waals surface area contributed by atoms with Crippen LogP contribution in [0, 0.1) is 0 Å². The fraction of sp³-hybridized carbons (Fsp3) is 0.222. The number of thioether (sulfide) groups is 1. The number of amides is 1. The lowest BCUT2D eigenvalue weighted by molar-refractivity contribution is -0.120. The summed E-state index contributed by atoms with van der Waals surface area (Å²) in [6, 6.07) is 7.02. The lowest BCUT2D eigenvalue weighted by atomic mass is 10.3. The highest BCUT2D eigenvalue weighted by molar-refractivity contribution is 7.99. The Morgan fingerprint density at radius 2 is 2.21 bits per heavy atom. The molecule has 5 heteroatoms. The Morgan fingerprint density at radius 3 is 2.86 bits per heavy atom. The molecule has 0 saturated carbocycles. The van der Waals surface area contributed by atoms with Gasteiger partial charge in [-0.1, -0.05) is 12.1 Å². The summed E-state index contributed by atoms with van der Waals surface area (Å²) in [7, 11) is 0. The molecular formula is C9H12N2O2S. The number of phenols is 1. The van der Waals surface area contributed by atoms with E-state index in [-0.39, 0.29) is 11.7 Å². The molecule has 0 aromatic heterocycles. The summed E-state index contributed by atoms with van der Waals surface area (Å²) in [5.74, 6) is 5.56. The molecule has 1 aromatic carbocycles. The molecule has 1 amide bonds. The largest absolute Gasteiger partial charge is 0.507 e. The van der Waals surface area contributed by atoms with Gasteiger partial charge < -0.3 is 5.11 Å². The number of hydrogen-bond acceptors (Lipinski definition) is 4. The van der Waals surface area contributed by atoms with Gasteiger partial charge in [-0.3, -0.25) is 10.2 Å². The van der Waals surface area contributed by atoms with Crippen LogP contribution in [0.2, 0.25) is 0 Å². The van der Waals surface area contributed by atoms with Crippen LogP contribution < -0.4 is 11.3 Å². The van der Waals surface area contributed by atoms with Crippen molar-refractivity contribution in [3.05, 3.63) is 24.3 Å².